The molecule has 1 amide bonds. The summed E-state index contributed by atoms with van der Waals surface area (Å²) in [6.07, 6.45) is 0.999. The highest BCUT2D eigenvalue weighted by atomic mass is 16.1. The van der Waals surface area contributed by atoms with Crippen molar-refractivity contribution in [2.75, 3.05) is 29.0 Å². The molecule has 1 saturated heterocycles. The lowest BCUT2D eigenvalue weighted by atomic mass is 10.0. The largest absolute Gasteiger partial charge is 0.397 e. The summed E-state index contributed by atoms with van der Waals surface area (Å²) < 4.78 is 0. The minimum Gasteiger partial charge on any atom is -0.397 e. The smallest absolute Gasteiger partial charge is 0.255 e. The second-order valence-electron chi connectivity index (χ2n) is 7.16. The Morgan fingerprint density at radius 3 is 2.39 bits per heavy atom. The second-order valence-corrected chi connectivity index (χ2v) is 7.16. The molecule has 0 aliphatic carbocycles. The predicted octanol–water partition coefficient (Wildman–Crippen LogP) is 3.73. The number of rotatable bonds is 4. The number of nitrogens with two attached hydrogens (primary N) is 2. The van der Waals surface area contributed by atoms with E-state index in [0.717, 1.165) is 36.3 Å². The van der Waals surface area contributed by atoms with Gasteiger partial charge in [0.2, 0.25) is 0 Å². The third kappa shape index (κ3) is 3.85. The van der Waals surface area contributed by atoms with Crippen LogP contribution in [0.3, 0.4) is 0 Å². The number of anilines is 3. The first kappa shape index (κ1) is 18.1. The summed E-state index contributed by atoms with van der Waals surface area (Å²) in [6, 6.07) is 23.5. The molecule has 3 aromatic rings. The maximum atomic E-state index is 12.7. The van der Waals surface area contributed by atoms with E-state index >= 15 is 0 Å². The maximum absolute atomic E-state index is 12.7. The molecular formula is C23H24N4O. The van der Waals surface area contributed by atoms with Crippen LogP contribution in [0.25, 0.3) is 11.1 Å². The van der Waals surface area contributed by atoms with E-state index in [2.05, 4.69) is 10.2 Å². The first-order valence-electron chi connectivity index (χ1n) is 9.47. The van der Waals surface area contributed by atoms with Crippen LogP contribution < -0.4 is 21.7 Å². The minimum atomic E-state index is -0.179. The first-order valence-corrected chi connectivity index (χ1v) is 9.47. The molecule has 0 bridgehead atoms. The molecule has 1 atom stereocenters. The normalized spacial score (nSPS) is 16.2. The number of carbonyl (C=O) groups is 1. The summed E-state index contributed by atoms with van der Waals surface area (Å²) >= 11 is 0. The van der Waals surface area contributed by atoms with Gasteiger partial charge in [0.1, 0.15) is 0 Å². The maximum Gasteiger partial charge on any atom is 0.255 e. The van der Waals surface area contributed by atoms with Crippen LogP contribution in [0.5, 0.6) is 0 Å². The molecule has 142 valence electrons. The lowest BCUT2D eigenvalue weighted by Crippen LogP contribution is -2.26. The lowest BCUT2D eigenvalue weighted by Gasteiger charge is -2.18. The Kier molecular flexibility index (Phi) is 5.00. The number of nitrogen functional groups attached to an aromatic ring is 1. The number of carbonyl (C=O) groups excluding carboxylic acids is 1. The van der Waals surface area contributed by atoms with Crippen LogP contribution in [0.4, 0.5) is 17.1 Å². The summed E-state index contributed by atoms with van der Waals surface area (Å²) in [7, 11) is 0. The van der Waals surface area contributed by atoms with Gasteiger partial charge in [0, 0.05) is 30.4 Å². The van der Waals surface area contributed by atoms with E-state index in [0.29, 0.717) is 16.9 Å². The molecule has 0 saturated carbocycles. The van der Waals surface area contributed by atoms with Crippen LogP contribution in [-0.4, -0.2) is 25.0 Å². The Morgan fingerprint density at radius 1 is 0.964 bits per heavy atom. The van der Waals surface area contributed by atoms with E-state index in [1.165, 1.54) is 0 Å². The molecule has 1 aliphatic heterocycles. The van der Waals surface area contributed by atoms with Gasteiger partial charge in [-0.25, -0.2) is 0 Å². The van der Waals surface area contributed by atoms with E-state index in [1.54, 1.807) is 0 Å². The van der Waals surface area contributed by atoms with Gasteiger partial charge in [-0.2, -0.15) is 0 Å². The lowest BCUT2D eigenvalue weighted by molar-refractivity contribution is 0.102. The van der Waals surface area contributed by atoms with Crippen molar-refractivity contribution in [3.63, 3.8) is 0 Å². The van der Waals surface area contributed by atoms with Gasteiger partial charge in [-0.1, -0.05) is 36.4 Å². The number of nitrogens with one attached hydrogen (secondary N) is 1. The monoisotopic (exact) mass is 372 g/mol. The fourth-order valence-corrected chi connectivity index (χ4v) is 3.51. The average molecular weight is 372 g/mol. The van der Waals surface area contributed by atoms with Crippen molar-refractivity contribution < 1.29 is 4.79 Å². The van der Waals surface area contributed by atoms with Gasteiger partial charge < -0.3 is 21.7 Å². The molecule has 1 fully saturated rings. The Balaban J connectivity index is 1.50. The Bertz CT molecular complexity index is 970. The Hall–Kier alpha value is -3.31. The van der Waals surface area contributed by atoms with Crippen LogP contribution in [0.15, 0.2) is 72.8 Å². The van der Waals surface area contributed by atoms with Crippen molar-refractivity contribution in [3.8, 4) is 11.1 Å². The van der Waals surface area contributed by atoms with Gasteiger partial charge >= 0.3 is 0 Å². The summed E-state index contributed by atoms with van der Waals surface area (Å²) in [6.45, 7) is 1.81. The minimum absolute atomic E-state index is 0.179. The van der Waals surface area contributed by atoms with E-state index < -0.39 is 0 Å². The standard InChI is InChI=1S/C23H24N4O/c24-19-12-13-27(15-19)20-9-6-17(7-10-20)23(28)26-22-14-18(8-11-21(22)25)16-4-2-1-3-5-16/h1-11,14,19H,12-13,15,24-25H2,(H,26,28). The molecule has 0 radical (unpaired) electrons. The summed E-state index contributed by atoms with van der Waals surface area (Å²) in [4.78, 5) is 14.9. The molecule has 1 aliphatic rings. The van der Waals surface area contributed by atoms with Crippen molar-refractivity contribution in [2.24, 2.45) is 5.73 Å². The molecule has 5 heteroatoms. The van der Waals surface area contributed by atoms with E-state index in [4.69, 9.17) is 11.5 Å². The van der Waals surface area contributed by atoms with Gasteiger partial charge in [-0.15, -0.1) is 0 Å². The molecule has 4 rings (SSSR count). The van der Waals surface area contributed by atoms with Gasteiger partial charge in [-0.05, 0) is 53.9 Å². The predicted molar refractivity (Wildman–Crippen MR) is 115 cm³/mol. The van der Waals surface area contributed by atoms with Gasteiger partial charge in [-0.3, -0.25) is 4.79 Å². The first-order chi connectivity index (χ1) is 13.6. The zero-order valence-corrected chi connectivity index (χ0v) is 15.6. The number of amides is 1. The van der Waals surface area contributed by atoms with Crippen molar-refractivity contribution in [2.45, 2.75) is 12.5 Å². The highest BCUT2D eigenvalue weighted by molar-refractivity contribution is 6.06. The van der Waals surface area contributed by atoms with E-state index in [9.17, 15) is 4.79 Å². The fourth-order valence-electron chi connectivity index (χ4n) is 3.51. The van der Waals surface area contributed by atoms with Gasteiger partial charge in [0.25, 0.3) is 5.91 Å². The van der Waals surface area contributed by atoms with Gasteiger partial charge in [0.15, 0.2) is 0 Å². The third-order valence-electron chi connectivity index (χ3n) is 5.13. The topological polar surface area (TPSA) is 84.4 Å². The highest BCUT2D eigenvalue weighted by Gasteiger charge is 2.19. The Labute approximate surface area is 165 Å². The molecule has 5 nitrogen and oxygen atoms in total. The van der Waals surface area contributed by atoms with Crippen LogP contribution in [0.1, 0.15) is 16.8 Å². The molecule has 1 heterocycles. The number of hydrogen-bond donors (Lipinski definition) is 3. The third-order valence-corrected chi connectivity index (χ3v) is 5.13. The van der Waals surface area contributed by atoms with Gasteiger partial charge in [0.05, 0.1) is 11.4 Å². The van der Waals surface area contributed by atoms with Crippen LogP contribution in [0.2, 0.25) is 0 Å². The molecule has 28 heavy (non-hydrogen) atoms. The number of benzene rings is 3. The molecular weight excluding hydrogens is 348 g/mol. The quantitative estimate of drug-likeness (QED) is 0.609. The van der Waals surface area contributed by atoms with Crippen molar-refractivity contribution in [1.82, 2.24) is 0 Å². The van der Waals surface area contributed by atoms with Crippen molar-refractivity contribution >= 4 is 23.0 Å². The summed E-state index contributed by atoms with van der Waals surface area (Å²) in [5.74, 6) is -0.179. The summed E-state index contributed by atoms with van der Waals surface area (Å²) in [5, 5.41) is 2.94. The van der Waals surface area contributed by atoms with E-state index in [1.807, 2.05) is 72.8 Å². The molecule has 0 aromatic heterocycles. The second kappa shape index (κ2) is 7.74. The van der Waals surface area contributed by atoms with Crippen molar-refractivity contribution in [1.29, 1.82) is 0 Å². The van der Waals surface area contributed by atoms with E-state index in [-0.39, 0.29) is 11.9 Å². The van der Waals surface area contributed by atoms with Crippen LogP contribution in [0, 0.1) is 0 Å². The summed E-state index contributed by atoms with van der Waals surface area (Å²) in [5.41, 5.74) is 17.0. The average Bonchev–Trinajstić information content (AvgIpc) is 3.17. The molecule has 3 aromatic carbocycles. The molecule has 5 N–H and O–H groups in total. The molecule has 1 unspecified atom stereocenters. The fraction of sp³-hybridized carbons (Fsp3) is 0.174. The SMILES string of the molecule is Nc1ccc(-c2ccccc2)cc1NC(=O)c1ccc(N2CCC(N)C2)cc1. The zero-order valence-electron chi connectivity index (χ0n) is 15.6. The van der Waals surface area contributed by atoms with Crippen LogP contribution >= 0.6 is 0 Å². The number of hydrogen-bond acceptors (Lipinski definition) is 4. The van der Waals surface area contributed by atoms with Crippen molar-refractivity contribution in [3.05, 3.63) is 78.4 Å². The highest BCUT2D eigenvalue weighted by Crippen LogP contribution is 2.28. The zero-order chi connectivity index (χ0) is 19.5. The number of nitrogens with zero attached hydrogens (tertiary/aromatic N) is 1. The Morgan fingerprint density at radius 2 is 1.71 bits per heavy atom. The molecule has 0 spiro atoms. The van der Waals surface area contributed by atoms with Crippen LogP contribution in [-0.2, 0) is 0 Å².